The van der Waals surface area contributed by atoms with Crippen molar-refractivity contribution in [2.75, 3.05) is 0 Å². The number of hydrogen-bond acceptors (Lipinski definition) is 5. The molecule has 0 radical (unpaired) electrons. The number of carbonyl (C=O) groups excluding carboxylic acids is 1. The molecule has 2 N–H and O–H groups in total. The van der Waals surface area contributed by atoms with Crippen molar-refractivity contribution in [1.82, 2.24) is 10.3 Å². The van der Waals surface area contributed by atoms with Gasteiger partial charge in [-0.3, -0.25) is 0 Å². The van der Waals surface area contributed by atoms with Gasteiger partial charge in [0.25, 0.3) is 0 Å². The molecule has 0 saturated carbocycles. The van der Waals surface area contributed by atoms with Gasteiger partial charge in [-0.25, -0.2) is 9.78 Å². The molecular weight excluding hydrogens is 296 g/mol. The first kappa shape index (κ1) is 17.0. The van der Waals surface area contributed by atoms with Crippen LogP contribution in [-0.2, 0) is 4.74 Å². The Balaban J connectivity index is 2.15. The Bertz CT molecular complexity index is 654. The molecule has 0 spiro atoms. The molecule has 2 rings (SSSR count). The van der Waals surface area contributed by atoms with E-state index in [9.17, 15) is 9.90 Å². The van der Waals surface area contributed by atoms with Crippen molar-refractivity contribution in [3.63, 3.8) is 0 Å². The molecule has 0 bridgehead atoms. The number of oxazole rings is 1. The highest BCUT2D eigenvalue weighted by Gasteiger charge is 2.28. The number of aromatic nitrogens is 1. The third-order valence-electron chi connectivity index (χ3n) is 3.07. The van der Waals surface area contributed by atoms with E-state index in [1.165, 1.54) is 0 Å². The summed E-state index contributed by atoms with van der Waals surface area (Å²) in [7, 11) is 0. The average molecular weight is 318 g/mol. The van der Waals surface area contributed by atoms with E-state index in [2.05, 4.69) is 16.9 Å². The zero-order valence-electron chi connectivity index (χ0n) is 13.6. The number of para-hydroxylation sites is 2. The largest absolute Gasteiger partial charge is 0.444 e. The summed E-state index contributed by atoms with van der Waals surface area (Å²) in [6, 6.07) is 6.57. The highest BCUT2D eigenvalue weighted by Crippen LogP contribution is 2.23. The fourth-order valence-corrected chi connectivity index (χ4v) is 2.09. The zero-order valence-corrected chi connectivity index (χ0v) is 13.6. The Hall–Kier alpha value is -2.34. The fraction of sp³-hybridized carbons (Fsp3) is 0.412. The van der Waals surface area contributed by atoms with E-state index in [4.69, 9.17) is 9.15 Å². The molecule has 1 amide bonds. The van der Waals surface area contributed by atoms with Crippen LogP contribution in [0.2, 0.25) is 0 Å². The van der Waals surface area contributed by atoms with E-state index in [1.54, 1.807) is 39.0 Å². The maximum atomic E-state index is 11.9. The Kier molecular flexibility index (Phi) is 5.05. The first-order valence-electron chi connectivity index (χ1n) is 7.44. The predicted molar refractivity (Wildman–Crippen MR) is 86.9 cm³/mol. The van der Waals surface area contributed by atoms with Crippen LogP contribution in [0.5, 0.6) is 0 Å². The second kappa shape index (κ2) is 6.83. The topological polar surface area (TPSA) is 84.6 Å². The minimum absolute atomic E-state index is 0.147. The third kappa shape index (κ3) is 4.56. The Morgan fingerprint density at radius 2 is 2.17 bits per heavy atom. The molecule has 0 fully saturated rings. The maximum absolute atomic E-state index is 11.9. The second-order valence-electron chi connectivity index (χ2n) is 6.24. The highest BCUT2D eigenvalue weighted by molar-refractivity contribution is 5.72. The van der Waals surface area contributed by atoms with Gasteiger partial charge < -0.3 is 19.6 Å². The van der Waals surface area contributed by atoms with Crippen molar-refractivity contribution in [2.45, 2.75) is 44.9 Å². The predicted octanol–water partition coefficient (Wildman–Crippen LogP) is 3.33. The molecule has 1 aromatic heterocycles. The molecule has 1 heterocycles. The van der Waals surface area contributed by atoms with Crippen LogP contribution in [0.15, 0.2) is 41.3 Å². The van der Waals surface area contributed by atoms with Crippen molar-refractivity contribution in [3.05, 3.63) is 42.8 Å². The van der Waals surface area contributed by atoms with Crippen LogP contribution in [0.3, 0.4) is 0 Å². The number of carbonyl (C=O) groups is 1. The van der Waals surface area contributed by atoms with Gasteiger partial charge in [0.05, 0.1) is 6.04 Å². The monoisotopic (exact) mass is 318 g/mol. The molecule has 23 heavy (non-hydrogen) atoms. The lowest BCUT2D eigenvalue weighted by atomic mass is 10.1. The Labute approximate surface area is 135 Å². The number of rotatable bonds is 5. The van der Waals surface area contributed by atoms with Crippen molar-refractivity contribution in [3.8, 4) is 0 Å². The summed E-state index contributed by atoms with van der Waals surface area (Å²) < 4.78 is 10.8. The first-order chi connectivity index (χ1) is 10.8. The molecule has 124 valence electrons. The van der Waals surface area contributed by atoms with Crippen LogP contribution < -0.4 is 5.32 Å². The Morgan fingerprint density at radius 1 is 1.48 bits per heavy atom. The van der Waals surface area contributed by atoms with Crippen LogP contribution in [0, 0.1) is 0 Å². The number of aliphatic hydroxyl groups excluding tert-OH is 1. The smallest absolute Gasteiger partial charge is 0.407 e. The maximum Gasteiger partial charge on any atom is 0.407 e. The molecule has 0 saturated heterocycles. The number of amides is 1. The van der Waals surface area contributed by atoms with E-state index < -0.39 is 23.8 Å². The summed E-state index contributed by atoms with van der Waals surface area (Å²) in [5, 5.41) is 13.1. The van der Waals surface area contributed by atoms with Crippen LogP contribution in [0.25, 0.3) is 11.1 Å². The summed E-state index contributed by atoms with van der Waals surface area (Å²) in [5.74, 6) is 0.147. The van der Waals surface area contributed by atoms with Gasteiger partial charge in [0.2, 0.25) is 5.89 Å². The number of benzene rings is 1. The lowest BCUT2D eigenvalue weighted by Crippen LogP contribution is -2.42. The number of fused-ring (bicyclic) bond motifs is 1. The van der Waals surface area contributed by atoms with Gasteiger partial charge >= 0.3 is 6.09 Å². The van der Waals surface area contributed by atoms with Crippen molar-refractivity contribution in [1.29, 1.82) is 0 Å². The summed E-state index contributed by atoms with van der Waals surface area (Å²) in [5.41, 5.74) is 0.609. The SMILES string of the molecule is C=CC[C@H](NC(=O)OC(C)(C)C)C(O)c1nc2ccccc2o1. The van der Waals surface area contributed by atoms with E-state index in [-0.39, 0.29) is 5.89 Å². The lowest BCUT2D eigenvalue weighted by molar-refractivity contribution is 0.0395. The molecule has 6 heteroatoms. The minimum atomic E-state index is -1.10. The summed E-state index contributed by atoms with van der Waals surface area (Å²) in [6.07, 6.45) is 0.236. The summed E-state index contributed by atoms with van der Waals surface area (Å²) in [6.45, 7) is 8.96. The minimum Gasteiger partial charge on any atom is -0.444 e. The lowest BCUT2D eigenvalue weighted by Gasteiger charge is -2.24. The number of nitrogens with zero attached hydrogens (tertiary/aromatic N) is 1. The van der Waals surface area contributed by atoms with E-state index in [1.807, 2.05) is 12.1 Å². The molecule has 2 aromatic rings. The number of aliphatic hydroxyl groups is 1. The van der Waals surface area contributed by atoms with Gasteiger partial charge in [0.15, 0.2) is 11.7 Å². The molecule has 0 aliphatic heterocycles. The third-order valence-corrected chi connectivity index (χ3v) is 3.07. The van der Waals surface area contributed by atoms with Gasteiger partial charge in [-0.2, -0.15) is 0 Å². The summed E-state index contributed by atoms with van der Waals surface area (Å²) in [4.78, 5) is 16.2. The van der Waals surface area contributed by atoms with E-state index >= 15 is 0 Å². The number of alkyl carbamates (subject to hydrolysis) is 1. The van der Waals surface area contributed by atoms with Crippen LogP contribution in [0.4, 0.5) is 4.79 Å². The quantitative estimate of drug-likeness (QED) is 0.826. The van der Waals surface area contributed by atoms with Crippen molar-refractivity contribution in [2.24, 2.45) is 0 Å². The number of nitrogens with one attached hydrogen (secondary N) is 1. The van der Waals surface area contributed by atoms with Gasteiger partial charge in [0.1, 0.15) is 11.1 Å². The number of ether oxygens (including phenoxy) is 1. The molecule has 1 unspecified atom stereocenters. The van der Waals surface area contributed by atoms with Crippen molar-refractivity contribution < 1.29 is 19.1 Å². The molecule has 2 atom stereocenters. The van der Waals surface area contributed by atoms with Crippen LogP contribution >= 0.6 is 0 Å². The van der Waals surface area contributed by atoms with Gasteiger partial charge in [0, 0.05) is 0 Å². The second-order valence-corrected chi connectivity index (χ2v) is 6.24. The van der Waals surface area contributed by atoms with Gasteiger partial charge in [-0.05, 0) is 39.3 Å². The molecule has 1 aromatic carbocycles. The summed E-state index contributed by atoms with van der Waals surface area (Å²) >= 11 is 0. The molecule has 0 aliphatic carbocycles. The molecular formula is C17H22N2O4. The normalized spacial score (nSPS) is 14.3. The Morgan fingerprint density at radius 3 is 2.78 bits per heavy atom. The van der Waals surface area contributed by atoms with Gasteiger partial charge in [-0.15, -0.1) is 6.58 Å². The molecule has 0 aliphatic rings. The van der Waals surface area contributed by atoms with E-state index in [0.717, 1.165) is 0 Å². The number of hydrogen-bond donors (Lipinski definition) is 2. The first-order valence-corrected chi connectivity index (χ1v) is 7.44. The van der Waals surface area contributed by atoms with Crippen molar-refractivity contribution >= 4 is 17.2 Å². The fourth-order valence-electron chi connectivity index (χ4n) is 2.09. The zero-order chi connectivity index (χ0) is 17.0. The standard InChI is InChI=1S/C17H22N2O4/c1-5-8-12(19-16(21)23-17(2,3)4)14(20)15-18-11-9-6-7-10-13(11)22-15/h5-7,9-10,12,14,20H,1,8H2,2-4H3,(H,19,21)/t12-,14?/m0/s1. The van der Waals surface area contributed by atoms with Crippen LogP contribution in [0.1, 0.15) is 39.2 Å². The average Bonchev–Trinajstić information content (AvgIpc) is 2.88. The van der Waals surface area contributed by atoms with E-state index in [0.29, 0.717) is 17.5 Å². The van der Waals surface area contributed by atoms with Crippen LogP contribution in [-0.4, -0.2) is 27.8 Å². The van der Waals surface area contributed by atoms with Gasteiger partial charge in [-0.1, -0.05) is 18.2 Å². The molecule has 6 nitrogen and oxygen atoms in total. The highest BCUT2D eigenvalue weighted by atomic mass is 16.6.